The maximum absolute atomic E-state index is 13.5. The summed E-state index contributed by atoms with van der Waals surface area (Å²) in [7, 11) is 0. The largest absolute Gasteiger partial charge is 0.454 e. The predicted octanol–water partition coefficient (Wildman–Crippen LogP) is 4.12. The van der Waals surface area contributed by atoms with Crippen molar-refractivity contribution in [1.82, 2.24) is 9.88 Å². The number of morpholine rings is 1. The third-order valence-electron chi connectivity index (χ3n) is 5.59. The van der Waals surface area contributed by atoms with Crippen LogP contribution in [-0.4, -0.2) is 62.0 Å². The van der Waals surface area contributed by atoms with Crippen molar-refractivity contribution in [2.24, 2.45) is 0 Å². The van der Waals surface area contributed by atoms with E-state index in [1.165, 1.54) is 5.56 Å². The van der Waals surface area contributed by atoms with Crippen LogP contribution in [0.3, 0.4) is 0 Å². The van der Waals surface area contributed by atoms with Crippen LogP contribution in [-0.2, 0) is 4.74 Å². The summed E-state index contributed by atoms with van der Waals surface area (Å²) in [5, 5.41) is 0.727. The molecule has 2 aliphatic rings. The molecule has 0 N–H and O–H groups in total. The predicted molar refractivity (Wildman–Crippen MR) is 128 cm³/mol. The number of fused-ring (bicyclic) bond motifs is 2. The second-order valence-corrected chi connectivity index (χ2v) is 8.81. The van der Waals surface area contributed by atoms with Gasteiger partial charge in [0, 0.05) is 31.7 Å². The van der Waals surface area contributed by atoms with E-state index in [4.69, 9.17) is 19.2 Å². The first-order valence-corrected chi connectivity index (χ1v) is 11.4. The van der Waals surface area contributed by atoms with Crippen LogP contribution in [0, 0.1) is 6.92 Å². The lowest BCUT2D eigenvalue weighted by molar-refractivity contribution is 0.0376. The van der Waals surface area contributed by atoms with E-state index in [1.807, 2.05) is 12.1 Å². The van der Waals surface area contributed by atoms with Gasteiger partial charge in [-0.25, -0.2) is 4.98 Å². The summed E-state index contributed by atoms with van der Waals surface area (Å²) in [5.74, 6) is 1.21. The van der Waals surface area contributed by atoms with E-state index in [0.717, 1.165) is 54.6 Å². The fourth-order valence-electron chi connectivity index (χ4n) is 3.88. The van der Waals surface area contributed by atoms with Crippen LogP contribution in [0.15, 0.2) is 36.4 Å². The van der Waals surface area contributed by atoms with Crippen molar-refractivity contribution in [1.29, 1.82) is 0 Å². The van der Waals surface area contributed by atoms with Crippen LogP contribution in [0.5, 0.6) is 11.5 Å². The maximum Gasteiger partial charge on any atom is 0.260 e. The number of aryl methyl sites for hydroxylation is 1. The van der Waals surface area contributed by atoms with Gasteiger partial charge in [-0.15, -0.1) is 12.4 Å². The molecule has 1 saturated heterocycles. The Bertz CT molecular complexity index is 1100. The Morgan fingerprint density at radius 3 is 2.78 bits per heavy atom. The molecule has 2 aliphatic heterocycles. The molecule has 0 saturated carbocycles. The molecule has 170 valence electrons. The Labute approximate surface area is 197 Å². The number of hydrogen-bond acceptors (Lipinski definition) is 7. The molecule has 0 bridgehead atoms. The standard InChI is InChI=1S/C23H25N3O4S.ClH/c1-16-3-5-18-21(13-16)31-23(24-18)26(8-2-7-25-9-11-28-12-10-25)22(27)17-4-6-19-20(14-17)30-15-29-19;/h3-6,13-14H,2,7-12,15H2,1H3;1H. The van der Waals surface area contributed by atoms with Crippen LogP contribution in [0.25, 0.3) is 10.2 Å². The van der Waals surface area contributed by atoms with Crippen molar-refractivity contribution in [3.8, 4) is 11.5 Å². The lowest BCUT2D eigenvalue weighted by Gasteiger charge is -2.27. The zero-order chi connectivity index (χ0) is 21.2. The summed E-state index contributed by atoms with van der Waals surface area (Å²) >= 11 is 1.56. The van der Waals surface area contributed by atoms with Crippen molar-refractivity contribution >= 4 is 45.0 Å². The van der Waals surface area contributed by atoms with Gasteiger partial charge in [-0.3, -0.25) is 14.6 Å². The highest BCUT2D eigenvalue weighted by Gasteiger charge is 2.24. The number of benzene rings is 2. The molecule has 1 fully saturated rings. The number of carbonyl (C=O) groups excluding carboxylic acids is 1. The fourth-order valence-corrected chi connectivity index (χ4v) is 4.97. The number of rotatable bonds is 6. The highest BCUT2D eigenvalue weighted by atomic mass is 35.5. The molecule has 0 atom stereocenters. The maximum atomic E-state index is 13.5. The summed E-state index contributed by atoms with van der Waals surface area (Å²) in [6.45, 7) is 7.22. The quantitative estimate of drug-likeness (QED) is 0.534. The van der Waals surface area contributed by atoms with Crippen molar-refractivity contribution in [3.63, 3.8) is 0 Å². The summed E-state index contributed by atoms with van der Waals surface area (Å²) in [5.41, 5.74) is 2.68. The lowest BCUT2D eigenvalue weighted by atomic mass is 10.1. The molecular weight excluding hydrogens is 450 g/mol. The zero-order valence-electron chi connectivity index (χ0n) is 17.9. The van der Waals surface area contributed by atoms with Gasteiger partial charge in [-0.2, -0.15) is 0 Å². The molecular formula is C23H26ClN3O4S. The highest BCUT2D eigenvalue weighted by Crippen LogP contribution is 2.34. The van der Waals surface area contributed by atoms with E-state index >= 15 is 0 Å². The molecule has 0 unspecified atom stereocenters. The van der Waals surface area contributed by atoms with E-state index in [2.05, 4.69) is 17.9 Å². The summed E-state index contributed by atoms with van der Waals surface area (Å²) in [6.07, 6.45) is 0.866. The van der Waals surface area contributed by atoms with E-state index in [0.29, 0.717) is 23.6 Å². The molecule has 3 heterocycles. The Morgan fingerprint density at radius 2 is 1.94 bits per heavy atom. The van der Waals surface area contributed by atoms with Crippen LogP contribution in [0.4, 0.5) is 5.13 Å². The Kier molecular flexibility index (Phi) is 7.15. The minimum Gasteiger partial charge on any atom is -0.454 e. The number of thiazole rings is 1. The van der Waals surface area contributed by atoms with Gasteiger partial charge < -0.3 is 14.2 Å². The Morgan fingerprint density at radius 1 is 1.12 bits per heavy atom. The smallest absolute Gasteiger partial charge is 0.260 e. The molecule has 0 spiro atoms. The second-order valence-electron chi connectivity index (χ2n) is 7.80. The van der Waals surface area contributed by atoms with Crippen LogP contribution < -0.4 is 14.4 Å². The number of carbonyl (C=O) groups is 1. The van der Waals surface area contributed by atoms with Crippen molar-refractivity contribution in [2.45, 2.75) is 13.3 Å². The first-order valence-electron chi connectivity index (χ1n) is 10.6. The van der Waals surface area contributed by atoms with Crippen LogP contribution in [0.2, 0.25) is 0 Å². The van der Waals surface area contributed by atoms with Crippen LogP contribution in [0.1, 0.15) is 22.3 Å². The van der Waals surface area contributed by atoms with Crippen molar-refractivity contribution in [3.05, 3.63) is 47.5 Å². The van der Waals surface area contributed by atoms with E-state index in [9.17, 15) is 4.79 Å². The average Bonchev–Trinajstić information content (AvgIpc) is 3.42. The molecule has 5 rings (SSSR count). The number of anilines is 1. The van der Waals surface area contributed by atoms with Gasteiger partial charge in [0.15, 0.2) is 16.6 Å². The number of hydrogen-bond donors (Lipinski definition) is 0. The lowest BCUT2D eigenvalue weighted by Crippen LogP contribution is -2.39. The van der Waals surface area contributed by atoms with Gasteiger partial charge in [0.25, 0.3) is 5.91 Å². The molecule has 9 heteroatoms. The topological polar surface area (TPSA) is 64.1 Å². The monoisotopic (exact) mass is 475 g/mol. The third-order valence-corrected chi connectivity index (χ3v) is 6.63. The number of nitrogens with zero attached hydrogens (tertiary/aromatic N) is 3. The first-order chi connectivity index (χ1) is 15.2. The van der Waals surface area contributed by atoms with Gasteiger partial charge in [0.1, 0.15) is 0 Å². The summed E-state index contributed by atoms with van der Waals surface area (Å²) in [6, 6.07) is 11.5. The van der Waals surface area contributed by atoms with E-state index in [1.54, 1.807) is 34.4 Å². The number of halogens is 1. The third kappa shape index (κ3) is 4.83. The Balaban J connectivity index is 0.00000245. The molecule has 0 radical (unpaired) electrons. The van der Waals surface area contributed by atoms with Crippen LogP contribution >= 0.6 is 23.7 Å². The van der Waals surface area contributed by atoms with Gasteiger partial charge >= 0.3 is 0 Å². The molecule has 3 aromatic rings. The van der Waals surface area contributed by atoms with Gasteiger partial charge in [0.05, 0.1) is 23.4 Å². The minimum atomic E-state index is -0.0731. The molecule has 7 nitrogen and oxygen atoms in total. The molecule has 0 aliphatic carbocycles. The normalized spacial score (nSPS) is 15.5. The second kappa shape index (κ2) is 10.0. The van der Waals surface area contributed by atoms with Gasteiger partial charge in [-0.1, -0.05) is 17.4 Å². The molecule has 32 heavy (non-hydrogen) atoms. The SMILES string of the molecule is Cc1ccc2nc(N(CCCN3CCOCC3)C(=O)c3ccc4c(c3)OCO4)sc2c1.Cl. The van der Waals surface area contributed by atoms with Gasteiger partial charge in [-0.05, 0) is 49.2 Å². The number of amides is 1. The van der Waals surface area contributed by atoms with Crippen molar-refractivity contribution < 1.29 is 19.0 Å². The minimum absolute atomic E-state index is 0. The highest BCUT2D eigenvalue weighted by molar-refractivity contribution is 7.22. The van der Waals surface area contributed by atoms with E-state index in [-0.39, 0.29) is 25.1 Å². The summed E-state index contributed by atoms with van der Waals surface area (Å²) < 4.78 is 17.4. The van der Waals surface area contributed by atoms with Crippen molar-refractivity contribution in [2.75, 3.05) is 51.1 Å². The first kappa shape index (κ1) is 22.8. The number of aromatic nitrogens is 1. The molecule has 2 aromatic carbocycles. The number of ether oxygens (including phenoxy) is 3. The molecule has 1 aromatic heterocycles. The van der Waals surface area contributed by atoms with E-state index < -0.39 is 0 Å². The fraction of sp³-hybridized carbons (Fsp3) is 0.391. The van der Waals surface area contributed by atoms with Gasteiger partial charge in [0.2, 0.25) is 6.79 Å². The average molecular weight is 476 g/mol. The molecule has 1 amide bonds. The Hall–Kier alpha value is -2.39. The summed E-state index contributed by atoms with van der Waals surface area (Å²) in [4.78, 5) is 22.5. The zero-order valence-corrected chi connectivity index (χ0v) is 19.5.